The summed E-state index contributed by atoms with van der Waals surface area (Å²) in [6.07, 6.45) is 2.01. The van der Waals surface area contributed by atoms with Gasteiger partial charge in [-0.15, -0.1) is 0 Å². The Morgan fingerprint density at radius 1 is 0.951 bits per heavy atom. The zero-order valence-electron chi connectivity index (χ0n) is 24.0. The predicted octanol–water partition coefficient (Wildman–Crippen LogP) is 5.06. The van der Waals surface area contributed by atoms with Crippen molar-refractivity contribution >= 4 is 27.5 Å². The van der Waals surface area contributed by atoms with Gasteiger partial charge in [0.1, 0.15) is 24.2 Å². The van der Waals surface area contributed by atoms with Gasteiger partial charge in [0.2, 0.25) is 11.8 Å². The van der Waals surface area contributed by atoms with Crippen LogP contribution in [-0.4, -0.2) is 51.4 Å². The Hall–Kier alpha value is -3.92. The van der Waals surface area contributed by atoms with Crippen LogP contribution in [0.3, 0.4) is 0 Å². The van der Waals surface area contributed by atoms with Crippen molar-refractivity contribution in [3.63, 3.8) is 0 Å². The van der Waals surface area contributed by atoms with Crippen LogP contribution in [0.25, 0.3) is 0 Å². The van der Waals surface area contributed by atoms with Crippen molar-refractivity contribution in [3.05, 3.63) is 89.7 Å². The van der Waals surface area contributed by atoms with E-state index in [9.17, 15) is 22.4 Å². The topological polar surface area (TPSA) is 96.0 Å². The number of nitrogens with one attached hydrogen (secondary N) is 1. The number of carbonyl (C=O) groups excluding carboxylic acids is 2. The Kier molecular flexibility index (Phi) is 11.3. The smallest absolute Gasteiger partial charge is 0.264 e. The second-order valence-corrected chi connectivity index (χ2v) is 11.6. The third kappa shape index (κ3) is 8.29. The van der Waals surface area contributed by atoms with Crippen LogP contribution in [0.4, 0.5) is 10.1 Å². The van der Waals surface area contributed by atoms with Crippen molar-refractivity contribution in [2.45, 2.75) is 57.5 Å². The molecule has 0 saturated carbocycles. The van der Waals surface area contributed by atoms with E-state index in [-0.39, 0.29) is 23.0 Å². The highest BCUT2D eigenvalue weighted by Crippen LogP contribution is 2.25. The van der Waals surface area contributed by atoms with E-state index in [0.717, 1.165) is 40.4 Å². The maximum absolute atomic E-state index is 14.0. The Labute approximate surface area is 242 Å². The average molecular weight is 584 g/mol. The first-order chi connectivity index (χ1) is 19.6. The molecule has 0 fully saturated rings. The molecule has 41 heavy (non-hydrogen) atoms. The summed E-state index contributed by atoms with van der Waals surface area (Å²) in [6, 6.07) is 17.5. The van der Waals surface area contributed by atoms with E-state index in [1.165, 1.54) is 29.2 Å². The zero-order valence-corrected chi connectivity index (χ0v) is 24.8. The first-order valence-corrected chi connectivity index (χ1v) is 15.1. The maximum Gasteiger partial charge on any atom is 0.264 e. The molecule has 3 aromatic carbocycles. The molecule has 0 heterocycles. The minimum Gasteiger partial charge on any atom is -0.497 e. The van der Waals surface area contributed by atoms with Crippen LogP contribution >= 0.6 is 0 Å². The molecular formula is C31H38FN3O5S. The number of hydrogen-bond donors (Lipinski definition) is 1. The van der Waals surface area contributed by atoms with Gasteiger partial charge in [-0.3, -0.25) is 13.9 Å². The number of aryl methyl sites for hydroxylation is 1. The summed E-state index contributed by atoms with van der Waals surface area (Å²) >= 11 is 0. The normalized spacial score (nSPS) is 11.9. The molecule has 2 amide bonds. The lowest BCUT2D eigenvalue weighted by Gasteiger charge is -2.33. The third-order valence-electron chi connectivity index (χ3n) is 6.73. The van der Waals surface area contributed by atoms with Gasteiger partial charge in [-0.2, -0.15) is 0 Å². The number of nitrogens with zero attached hydrogens (tertiary/aromatic N) is 2. The maximum atomic E-state index is 14.0. The van der Waals surface area contributed by atoms with E-state index in [4.69, 9.17) is 4.74 Å². The molecule has 0 aliphatic heterocycles. The van der Waals surface area contributed by atoms with Gasteiger partial charge >= 0.3 is 0 Å². The molecule has 1 N–H and O–H groups in total. The highest BCUT2D eigenvalue weighted by atomic mass is 32.2. The summed E-state index contributed by atoms with van der Waals surface area (Å²) in [5.74, 6) is -0.776. The monoisotopic (exact) mass is 583 g/mol. The number of unbranched alkanes of at least 4 members (excludes halogenated alkanes) is 1. The largest absolute Gasteiger partial charge is 0.497 e. The predicted molar refractivity (Wildman–Crippen MR) is 158 cm³/mol. The number of amides is 2. The number of benzene rings is 3. The molecule has 0 radical (unpaired) electrons. The SMILES string of the molecule is CCCCNC(=O)C(CC)N(Cc1ccc(OC)cc1)C(=O)CN(c1ccc(F)cc1)S(=O)(=O)c1ccc(C)cc1. The van der Waals surface area contributed by atoms with Gasteiger partial charge in [-0.25, -0.2) is 12.8 Å². The van der Waals surface area contributed by atoms with Gasteiger partial charge in [-0.1, -0.05) is 50.1 Å². The quantitative estimate of drug-likeness (QED) is 0.268. The summed E-state index contributed by atoms with van der Waals surface area (Å²) in [7, 11) is -2.67. The number of rotatable bonds is 14. The minimum atomic E-state index is -4.22. The molecule has 0 bridgehead atoms. The van der Waals surface area contributed by atoms with E-state index in [1.54, 1.807) is 50.4 Å². The van der Waals surface area contributed by atoms with Gasteiger partial charge in [0.25, 0.3) is 10.0 Å². The lowest BCUT2D eigenvalue weighted by atomic mass is 10.1. The van der Waals surface area contributed by atoms with Crippen molar-refractivity contribution in [2.24, 2.45) is 0 Å². The van der Waals surface area contributed by atoms with Crippen LogP contribution in [0.1, 0.15) is 44.2 Å². The second-order valence-electron chi connectivity index (χ2n) is 9.74. The molecule has 0 aliphatic rings. The van der Waals surface area contributed by atoms with E-state index in [1.807, 2.05) is 13.8 Å². The van der Waals surface area contributed by atoms with Crippen LogP contribution in [0.5, 0.6) is 5.75 Å². The van der Waals surface area contributed by atoms with Gasteiger partial charge in [-0.05, 0) is 73.9 Å². The molecule has 8 nitrogen and oxygen atoms in total. The third-order valence-corrected chi connectivity index (χ3v) is 8.52. The fourth-order valence-corrected chi connectivity index (χ4v) is 5.74. The van der Waals surface area contributed by atoms with Crippen molar-refractivity contribution in [2.75, 3.05) is 24.5 Å². The number of methoxy groups -OCH3 is 1. The highest BCUT2D eigenvalue weighted by Gasteiger charge is 2.33. The Bertz CT molecular complexity index is 1400. The summed E-state index contributed by atoms with van der Waals surface area (Å²) < 4.78 is 47.6. The summed E-state index contributed by atoms with van der Waals surface area (Å²) in [5, 5.41) is 2.90. The summed E-state index contributed by atoms with van der Waals surface area (Å²) in [5.41, 5.74) is 1.75. The van der Waals surface area contributed by atoms with Crippen molar-refractivity contribution in [1.82, 2.24) is 10.2 Å². The van der Waals surface area contributed by atoms with Gasteiger partial charge in [0.15, 0.2) is 0 Å². The molecular weight excluding hydrogens is 545 g/mol. The van der Waals surface area contributed by atoms with E-state index in [2.05, 4.69) is 5.32 Å². The fraction of sp³-hybridized carbons (Fsp3) is 0.355. The number of carbonyl (C=O) groups is 2. The molecule has 0 saturated heterocycles. The lowest BCUT2D eigenvalue weighted by Crippen LogP contribution is -2.52. The summed E-state index contributed by atoms with van der Waals surface area (Å²) in [6.45, 7) is 5.62. The number of anilines is 1. The molecule has 10 heteroatoms. The number of hydrogen-bond acceptors (Lipinski definition) is 5. The Balaban J connectivity index is 2.02. The molecule has 0 spiro atoms. The van der Waals surface area contributed by atoms with E-state index < -0.39 is 34.3 Å². The molecule has 3 aromatic rings. The lowest BCUT2D eigenvalue weighted by molar-refractivity contribution is -0.140. The first kappa shape index (κ1) is 31.6. The van der Waals surface area contributed by atoms with Crippen LogP contribution in [0.15, 0.2) is 77.7 Å². The minimum absolute atomic E-state index is 0.00807. The second kappa shape index (κ2) is 14.6. The molecule has 0 aromatic heterocycles. The Morgan fingerprint density at radius 3 is 2.15 bits per heavy atom. The van der Waals surface area contributed by atoms with Gasteiger partial charge < -0.3 is 15.0 Å². The van der Waals surface area contributed by atoms with Gasteiger partial charge in [0.05, 0.1) is 17.7 Å². The number of ether oxygens (including phenoxy) is 1. The van der Waals surface area contributed by atoms with Gasteiger partial charge in [0, 0.05) is 13.1 Å². The molecule has 3 rings (SSSR count). The van der Waals surface area contributed by atoms with Crippen LogP contribution < -0.4 is 14.4 Å². The molecule has 220 valence electrons. The van der Waals surface area contributed by atoms with E-state index >= 15 is 0 Å². The average Bonchev–Trinajstić information content (AvgIpc) is 2.97. The highest BCUT2D eigenvalue weighted by molar-refractivity contribution is 7.92. The standard InChI is InChI=1S/C31H38FN3O5S/c1-5-7-20-33-31(37)29(6-2)34(21-24-10-16-27(40-4)17-11-24)30(36)22-35(26-14-12-25(32)13-15-26)41(38,39)28-18-8-23(3)9-19-28/h8-19,29H,5-7,20-22H2,1-4H3,(H,33,37). The van der Waals surface area contributed by atoms with Crippen molar-refractivity contribution in [3.8, 4) is 5.75 Å². The molecule has 0 aliphatic carbocycles. The Morgan fingerprint density at radius 2 is 1.59 bits per heavy atom. The molecule has 1 atom stereocenters. The van der Waals surface area contributed by atoms with Crippen LogP contribution in [0, 0.1) is 12.7 Å². The zero-order chi connectivity index (χ0) is 30.0. The number of halogens is 1. The number of sulfonamides is 1. The fourth-order valence-electron chi connectivity index (χ4n) is 4.33. The van der Waals surface area contributed by atoms with Crippen molar-refractivity contribution in [1.29, 1.82) is 0 Å². The first-order valence-electron chi connectivity index (χ1n) is 13.7. The van der Waals surface area contributed by atoms with Crippen LogP contribution in [-0.2, 0) is 26.2 Å². The van der Waals surface area contributed by atoms with E-state index in [0.29, 0.717) is 18.7 Å². The molecule has 1 unspecified atom stereocenters. The summed E-state index contributed by atoms with van der Waals surface area (Å²) in [4.78, 5) is 28.7. The van der Waals surface area contributed by atoms with Crippen LogP contribution in [0.2, 0.25) is 0 Å². The van der Waals surface area contributed by atoms with Crippen molar-refractivity contribution < 1.29 is 27.1 Å².